The van der Waals surface area contributed by atoms with Gasteiger partial charge in [-0.2, -0.15) is 0 Å². The molecule has 112 valence electrons. The molecule has 0 spiro atoms. The Morgan fingerprint density at radius 1 is 1.14 bits per heavy atom. The summed E-state index contributed by atoms with van der Waals surface area (Å²) in [4.78, 5) is 0.970. The molecule has 2 rings (SSSR count). The van der Waals surface area contributed by atoms with E-state index in [0.717, 1.165) is 17.1 Å². The number of ether oxygens (including phenoxy) is 1. The molecule has 2 aromatic rings. The molecule has 0 aliphatic rings. The lowest BCUT2D eigenvalue weighted by atomic mass is 10.0. The minimum Gasteiger partial charge on any atom is -0.496 e. The zero-order valence-electron chi connectivity index (χ0n) is 12.3. The maximum absolute atomic E-state index is 14.1. The van der Waals surface area contributed by atoms with E-state index >= 15 is 0 Å². The van der Waals surface area contributed by atoms with Gasteiger partial charge >= 0.3 is 0 Å². The van der Waals surface area contributed by atoms with Gasteiger partial charge in [-0.05, 0) is 24.6 Å². The molecule has 2 aromatic carbocycles. The fraction of sp³-hybridized carbons (Fsp3) is 0.294. The van der Waals surface area contributed by atoms with E-state index in [1.54, 1.807) is 31.0 Å². The van der Waals surface area contributed by atoms with Crippen molar-refractivity contribution in [1.29, 1.82) is 0 Å². The van der Waals surface area contributed by atoms with Gasteiger partial charge in [0.2, 0.25) is 0 Å². The van der Waals surface area contributed by atoms with E-state index in [1.165, 1.54) is 6.07 Å². The Morgan fingerprint density at radius 3 is 2.48 bits per heavy atom. The van der Waals surface area contributed by atoms with E-state index in [2.05, 4.69) is 0 Å². The van der Waals surface area contributed by atoms with Crippen LogP contribution in [0.15, 0.2) is 53.4 Å². The molecular formula is C17H20FNOS. The van der Waals surface area contributed by atoms with Crippen molar-refractivity contribution in [2.75, 3.05) is 7.11 Å². The van der Waals surface area contributed by atoms with E-state index in [-0.39, 0.29) is 17.1 Å². The summed E-state index contributed by atoms with van der Waals surface area (Å²) in [6.45, 7) is 2.02. The van der Waals surface area contributed by atoms with Crippen LogP contribution >= 0.6 is 11.8 Å². The zero-order valence-corrected chi connectivity index (χ0v) is 13.1. The quantitative estimate of drug-likeness (QED) is 0.803. The van der Waals surface area contributed by atoms with Crippen LogP contribution in [-0.4, -0.2) is 13.2 Å². The number of hydrogen-bond donors (Lipinski definition) is 1. The molecule has 0 fully saturated rings. The number of thioether (sulfide) groups is 1. The third-order valence-corrected chi connectivity index (χ3v) is 4.84. The monoisotopic (exact) mass is 305 g/mol. The van der Waals surface area contributed by atoms with E-state index < -0.39 is 0 Å². The molecule has 2 N–H and O–H groups in total. The average Bonchev–Trinajstić information content (AvgIpc) is 2.53. The van der Waals surface area contributed by atoms with E-state index in [0.29, 0.717) is 5.56 Å². The lowest BCUT2D eigenvalue weighted by Crippen LogP contribution is -2.26. The lowest BCUT2D eigenvalue weighted by Gasteiger charge is -2.24. The second-order valence-electron chi connectivity index (χ2n) is 4.78. The molecule has 2 atom stereocenters. The first-order valence-corrected chi connectivity index (χ1v) is 7.85. The summed E-state index contributed by atoms with van der Waals surface area (Å²) in [5.41, 5.74) is 6.87. The van der Waals surface area contributed by atoms with E-state index in [1.807, 2.05) is 37.3 Å². The predicted octanol–water partition coefficient (Wildman–Crippen LogP) is 4.41. The number of hydrogen-bond acceptors (Lipinski definition) is 3. The first-order chi connectivity index (χ1) is 10.2. The van der Waals surface area contributed by atoms with Gasteiger partial charge in [0, 0.05) is 16.5 Å². The predicted molar refractivity (Wildman–Crippen MR) is 86.3 cm³/mol. The molecule has 2 nitrogen and oxygen atoms in total. The van der Waals surface area contributed by atoms with E-state index in [9.17, 15) is 4.39 Å². The van der Waals surface area contributed by atoms with Crippen LogP contribution in [-0.2, 0) is 0 Å². The first kappa shape index (κ1) is 15.9. The number of nitrogens with two attached hydrogens (primary N) is 1. The van der Waals surface area contributed by atoms with Crippen molar-refractivity contribution in [2.24, 2.45) is 5.73 Å². The highest BCUT2D eigenvalue weighted by Gasteiger charge is 2.23. The summed E-state index contributed by atoms with van der Waals surface area (Å²) in [6, 6.07) is 14.4. The number of para-hydroxylation sites is 1. The van der Waals surface area contributed by atoms with Gasteiger partial charge in [-0.25, -0.2) is 4.39 Å². The summed E-state index contributed by atoms with van der Waals surface area (Å²) in [6.07, 6.45) is 0.779. The zero-order chi connectivity index (χ0) is 15.2. The summed E-state index contributed by atoms with van der Waals surface area (Å²) in [5.74, 6) is 0.570. The van der Waals surface area contributed by atoms with Gasteiger partial charge in [0.15, 0.2) is 0 Å². The van der Waals surface area contributed by atoms with Crippen molar-refractivity contribution in [3.05, 3.63) is 59.9 Å². The molecule has 0 aliphatic carbocycles. The maximum atomic E-state index is 14.1. The Labute approximate surface area is 129 Å². The third kappa shape index (κ3) is 3.77. The SMILES string of the molecule is CCC(N)C(Sc1ccccc1OC)c1ccccc1F. The average molecular weight is 305 g/mol. The van der Waals surface area contributed by atoms with Crippen molar-refractivity contribution >= 4 is 11.8 Å². The van der Waals surface area contributed by atoms with Gasteiger partial charge in [-0.1, -0.05) is 37.3 Å². The summed E-state index contributed by atoms with van der Waals surface area (Å²) in [5, 5.41) is -0.146. The van der Waals surface area contributed by atoms with Crippen LogP contribution in [0.4, 0.5) is 4.39 Å². The standard InChI is InChI=1S/C17H20FNOS/c1-3-14(19)17(12-8-4-5-9-13(12)18)21-16-11-7-6-10-15(16)20-2/h4-11,14,17H,3,19H2,1-2H3. The molecule has 0 radical (unpaired) electrons. The fourth-order valence-corrected chi connectivity index (χ4v) is 3.54. The molecule has 0 bridgehead atoms. The molecule has 4 heteroatoms. The molecule has 0 aliphatic heterocycles. The molecule has 0 saturated carbocycles. The topological polar surface area (TPSA) is 35.2 Å². The van der Waals surface area contributed by atoms with Gasteiger partial charge < -0.3 is 10.5 Å². The number of benzene rings is 2. The van der Waals surface area contributed by atoms with Gasteiger partial charge in [0.1, 0.15) is 11.6 Å². The highest BCUT2D eigenvalue weighted by atomic mass is 32.2. The van der Waals surface area contributed by atoms with Crippen LogP contribution < -0.4 is 10.5 Å². The van der Waals surface area contributed by atoms with E-state index in [4.69, 9.17) is 10.5 Å². The van der Waals surface area contributed by atoms with Crippen molar-refractivity contribution in [1.82, 2.24) is 0 Å². The Morgan fingerprint density at radius 2 is 1.81 bits per heavy atom. The Hall–Kier alpha value is -1.52. The molecule has 2 unspecified atom stereocenters. The fourth-order valence-electron chi connectivity index (χ4n) is 2.15. The largest absolute Gasteiger partial charge is 0.496 e. The normalized spacial score (nSPS) is 13.7. The second-order valence-corrected chi connectivity index (χ2v) is 5.97. The number of methoxy groups -OCH3 is 1. The molecule has 0 heterocycles. The second kappa shape index (κ2) is 7.48. The van der Waals surface area contributed by atoms with Gasteiger partial charge in [0.25, 0.3) is 0 Å². The van der Waals surface area contributed by atoms with Crippen molar-refractivity contribution in [2.45, 2.75) is 29.5 Å². The Balaban J connectivity index is 2.36. The lowest BCUT2D eigenvalue weighted by molar-refractivity contribution is 0.404. The third-order valence-electron chi connectivity index (χ3n) is 3.40. The van der Waals surface area contributed by atoms with Gasteiger partial charge in [0.05, 0.1) is 12.4 Å². The molecule has 0 aromatic heterocycles. The Bertz CT molecular complexity index is 591. The van der Waals surface area contributed by atoms with Crippen LogP contribution in [0.5, 0.6) is 5.75 Å². The van der Waals surface area contributed by atoms with Crippen LogP contribution in [0.2, 0.25) is 0 Å². The van der Waals surface area contributed by atoms with Crippen LogP contribution in [0.1, 0.15) is 24.2 Å². The maximum Gasteiger partial charge on any atom is 0.132 e. The minimum atomic E-state index is -0.214. The number of rotatable bonds is 6. The summed E-state index contributed by atoms with van der Waals surface area (Å²) >= 11 is 1.55. The van der Waals surface area contributed by atoms with Crippen LogP contribution in [0.25, 0.3) is 0 Å². The van der Waals surface area contributed by atoms with Crippen LogP contribution in [0.3, 0.4) is 0 Å². The highest BCUT2D eigenvalue weighted by Crippen LogP contribution is 2.42. The first-order valence-electron chi connectivity index (χ1n) is 6.97. The van der Waals surface area contributed by atoms with Gasteiger partial charge in [-0.3, -0.25) is 0 Å². The van der Waals surface area contributed by atoms with Crippen molar-refractivity contribution in [3.8, 4) is 5.75 Å². The summed E-state index contributed by atoms with van der Waals surface area (Å²) < 4.78 is 19.5. The van der Waals surface area contributed by atoms with Crippen molar-refractivity contribution in [3.63, 3.8) is 0 Å². The minimum absolute atomic E-state index is 0.128. The summed E-state index contributed by atoms with van der Waals surface area (Å²) in [7, 11) is 1.64. The highest BCUT2D eigenvalue weighted by molar-refractivity contribution is 7.99. The Kier molecular flexibility index (Phi) is 5.65. The van der Waals surface area contributed by atoms with Crippen molar-refractivity contribution < 1.29 is 9.13 Å². The molecule has 21 heavy (non-hydrogen) atoms. The van der Waals surface area contributed by atoms with Gasteiger partial charge in [-0.15, -0.1) is 11.8 Å². The molecule has 0 saturated heterocycles. The number of halogens is 1. The molecular weight excluding hydrogens is 285 g/mol. The molecule has 0 amide bonds. The van der Waals surface area contributed by atoms with Crippen LogP contribution in [0, 0.1) is 5.82 Å². The smallest absolute Gasteiger partial charge is 0.132 e.